The van der Waals surface area contributed by atoms with Crippen LogP contribution in [0.25, 0.3) is 0 Å². The first-order valence-corrected chi connectivity index (χ1v) is 6.83. The molecule has 94 valence electrons. The molecule has 2 saturated heterocycles. The van der Waals surface area contributed by atoms with Crippen molar-refractivity contribution in [3.05, 3.63) is 0 Å². The van der Waals surface area contributed by atoms with Crippen LogP contribution < -0.4 is 5.73 Å². The molecule has 3 nitrogen and oxygen atoms in total. The third-order valence-electron chi connectivity index (χ3n) is 4.29. The molecule has 2 aliphatic rings. The van der Waals surface area contributed by atoms with Crippen LogP contribution in [0.15, 0.2) is 0 Å². The fourth-order valence-corrected chi connectivity index (χ4v) is 2.93. The van der Waals surface area contributed by atoms with Gasteiger partial charge in [-0.2, -0.15) is 0 Å². The monoisotopic (exact) mass is 226 g/mol. The molecule has 2 fully saturated rings. The van der Waals surface area contributed by atoms with Gasteiger partial charge < -0.3 is 15.4 Å². The van der Waals surface area contributed by atoms with E-state index in [1.807, 2.05) is 0 Å². The Bertz CT molecular complexity index is 204. The molecule has 3 unspecified atom stereocenters. The summed E-state index contributed by atoms with van der Waals surface area (Å²) >= 11 is 0. The molecule has 0 aromatic carbocycles. The van der Waals surface area contributed by atoms with Crippen molar-refractivity contribution in [2.24, 2.45) is 17.6 Å². The van der Waals surface area contributed by atoms with E-state index in [0.717, 1.165) is 19.1 Å². The van der Waals surface area contributed by atoms with Crippen molar-refractivity contribution in [2.45, 2.75) is 38.7 Å². The molecule has 0 aromatic heterocycles. The molecule has 2 aliphatic heterocycles. The summed E-state index contributed by atoms with van der Waals surface area (Å²) in [4.78, 5) is 2.58. The summed E-state index contributed by atoms with van der Waals surface area (Å²) < 4.78 is 5.67. The van der Waals surface area contributed by atoms with Crippen LogP contribution in [0.4, 0.5) is 0 Å². The number of hydrogen-bond donors (Lipinski definition) is 1. The van der Waals surface area contributed by atoms with Gasteiger partial charge in [-0.05, 0) is 50.6 Å². The van der Waals surface area contributed by atoms with Gasteiger partial charge in [0, 0.05) is 19.7 Å². The molecular formula is C13H26N2O. The number of nitrogens with zero attached hydrogens (tertiary/aromatic N) is 1. The van der Waals surface area contributed by atoms with Gasteiger partial charge in [0.05, 0.1) is 6.10 Å². The first-order chi connectivity index (χ1) is 7.79. The fraction of sp³-hybridized carbons (Fsp3) is 1.00. The smallest absolute Gasteiger partial charge is 0.0588 e. The molecule has 3 atom stereocenters. The zero-order valence-corrected chi connectivity index (χ0v) is 10.5. The third-order valence-corrected chi connectivity index (χ3v) is 4.29. The number of likely N-dealkylation sites (tertiary alicyclic amines) is 1. The minimum atomic E-state index is 0.538. The average Bonchev–Trinajstić information content (AvgIpc) is 2.81. The zero-order chi connectivity index (χ0) is 11.4. The Morgan fingerprint density at radius 2 is 2.25 bits per heavy atom. The van der Waals surface area contributed by atoms with Gasteiger partial charge in [0.25, 0.3) is 0 Å². The lowest BCUT2D eigenvalue weighted by atomic mass is 9.87. The lowest BCUT2D eigenvalue weighted by Crippen LogP contribution is -2.43. The van der Waals surface area contributed by atoms with Crippen molar-refractivity contribution in [3.8, 4) is 0 Å². The van der Waals surface area contributed by atoms with Gasteiger partial charge in [0.15, 0.2) is 0 Å². The summed E-state index contributed by atoms with van der Waals surface area (Å²) in [5.41, 5.74) is 5.82. The van der Waals surface area contributed by atoms with Gasteiger partial charge in [-0.3, -0.25) is 0 Å². The Hall–Kier alpha value is -0.120. The van der Waals surface area contributed by atoms with Gasteiger partial charge in [0.2, 0.25) is 0 Å². The summed E-state index contributed by atoms with van der Waals surface area (Å²) in [5, 5.41) is 0. The van der Waals surface area contributed by atoms with Crippen molar-refractivity contribution < 1.29 is 4.74 Å². The minimum Gasteiger partial charge on any atom is -0.378 e. The summed E-state index contributed by atoms with van der Waals surface area (Å²) in [7, 11) is 0. The second-order valence-electron chi connectivity index (χ2n) is 5.49. The minimum absolute atomic E-state index is 0.538. The van der Waals surface area contributed by atoms with Crippen LogP contribution in [0.2, 0.25) is 0 Å². The van der Waals surface area contributed by atoms with E-state index in [1.54, 1.807) is 0 Å². The zero-order valence-electron chi connectivity index (χ0n) is 10.5. The van der Waals surface area contributed by atoms with Crippen molar-refractivity contribution in [2.75, 3.05) is 32.8 Å². The van der Waals surface area contributed by atoms with Gasteiger partial charge in [0.1, 0.15) is 0 Å². The summed E-state index contributed by atoms with van der Waals surface area (Å²) in [6, 6.07) is 0. The fourth-order valence-electron chi connectivity index (χ4n) is 2.93. The molecule has 0 aromatic rings. The van der Waals surface area contributed by atoms with Gasteiger partial charge in [-0.15, -0.1) is 0 Å². The van der Waals surface area contributed by atoms with Crippen LogP contribution in [0.5, 0.6) is 0 Å². The lowest BCUT2D eigenvalue weighted by Gasteiger charge is -2.36. The van der Waals surface area contributed by atoms with Crippen molar-refractivity contribution in [1.29, 1.82) is 0 Å². The standard InChI is InChI=1S/C13H26N2O/c1-11-4-6-15(10-12(11)9-14)7-5-13-3-2-8-16-13/h11-13H,2-10,14H2,1H3. The average molecular weight is 226 g/mol. The van der Waals surface area contributed by atoms with Crippen LogP contribution in [-0.4, -0.2) is 43.8 Å². The number of hydrogen-bond acceptors (Lipinski definition) is 3. The van der Waals surface area contributed by atoms with E-state index < -0.39 is 0 Å². The molecule has 0 amide bonds. The van der Waals surface area contributed by atoms with Crippen molar-refractivity contribution in [3.63, 3.8) is 0 Å². The van der Waals surface area contributed by atoms with Gasteiger partial charge in [-0.1, -0.05) is 6.92 Å². The molecule has 2 rings (SSSR count). The lowest BCUT2D eigenvalue weighted by molar-refractivity contribution is 0.0752. The Labute approximate surface area is 99.3 Å². The van der Waals surface area contributed by atoms with E-state index in [0.29, 0.717) is 12.0 Å². The highest BCUT2D eigenvalue weighted by Gasteiger charge is 2.25. The van der Waals surface area contributed by atoms with Gasteiger partial charge >= 0.3 is 0 Å². The molecular weight excluding hydrogens is 200 g/mol. The maximum absolute atomic E-state index is 5.82. The highest BCUT2D eigenvalue weighted by Crippen LogP contribution is 2.23. The molecule has 0 bridgehead atoms. The normalized spacial score (nSPS) is 36.8. The van der Waals surface area contributed by atoms with E-state index in [9.17, 15) is 0 Å². The topological polar surface area (TPSA) is 38.5 Å². The highest BCUT2D eigenvalue weighted by atomic mass is 16.5. The first-order valence-electron chi connectivity index (χ1n) is 6.83. The predicted molar refractivity (Wildman–Crippen MR) is 66.4 cm³/mol. The SMILES string of the molecule is CC1CCN(CCC2CCCO2)CC1CN. The van der Waals surface area contributed by atoms with Crippen LogP contribution in [-0.2, 0) is 4.74 Å². The molecule has 0 spiro atoms. The Morgan fingerprint density at radius 3 is 2.94 bits per heavy atom. The Balaban J connectivity index is 1.69. The number of nitrogens with two attached hydrogens (primary N) is 1. The Morgan fingerprint density at radius 1 is 1.38 bits per heavy atom. The summed E-state index contributed by atoms with van der Waals surface area (Å²) in [6.07, 6.45) is 5.59. The molecule has 0 saturated carbocycles. The Kier molecular flexibility index (Phi) is 4.62. The molecule has 2 N–H and O–H groups in total. The third kappa shape index (κ3) is 3.19. The van der Waals surface area contributed by atoms with E-state index in [2.05, 4.69) is 11.8 Å². The quantitative estimate of drug-likeness (QED) is 0.789. The predicted octanol–water partition coefficient (Wildman–Crippen LogP) is 1.47. The molecule has 0 aliphatic carbocycles. The molecule has 2 heterocycles. The number of rotatable bonds is 4. The highest BCUT2D eigenvalue weighted by molar-refractivity contribution is 4.79. The number of piperidine rings is 1. The maximum Gasteiger partial charge on any atom is 0.0588 e. The van der Waals surface area contributed by atoms with Crippen LogP contribution in [0.1, 0.15) is 32.6 Å². The van der Waals surface area contributed by atoms with Gasteiger partial charge in [-0.25, -0.2) is 0 Å². The van der Waals surface area contributed by atoms with E-state index in [-0.39, 0.29) is 0 Å². The number of ether oxygens (including phenoxy) is 1. The first kappa shape index (κ1) is 12.3. The van der Waals surface area contributed by atoms with Crippen LogP contribution in [0.3, 0.4) is 0 Å². The largest absolute Gasteiger partial charge is 0.378 e. The van der Waals surface area contributed by atoms with E-state index in [1.165, 1.54) is 45.3 Å². The maximum atomic E-state index is 5.82. The second kappa shape index (κ2) is 5.99. The van der Waals surface area contributed by atoms with E-state index in [4.69, 9.17) is 10.5 Å². The van der Waals surface area contributed by atoms with Crippen molar-refractivity contribution >= 4 is 0 Å². The van der Waals surface area contributed by atoms with Crippen LogP contribution >= 0.6 is 0 Å². The van der Waals surface area contributed by atoms with Crippen LogP contribution in [0, 0.1) is 11.8 Å². The summed E-state index contributed by atoms with van der Waals surface area (Å²) in [5.74, 6) is 1.52. The molecule has 3 heteroatoms. The second-order valence-corrected chi connectivity index (χ2v) is 5.49. The summed E-state index contributed by atoms with van der Waals surface area (Å²) in [6.45, 7) is 7.82. The molecule has 16 heavy (non-hydrogen) atoms. The van der Waals surface area contributed by atoms with E-state index >= 15 is 0 Å². The van der Waals surface area contributed by atoms with Crippen molar-refractivity contribution in [1.82, 2.24) is 4.90 Å². The molecule has 0 radical (unpaired) electrons.